The summed E-state index contributed by atoms with van der Waals surface area (Å²) in [6.07, 6.45) is 0.969. The Kier molecular flexibility index (Phi) is 4.65. The van der Waals surface area contributed by atoms with Gasteiger partial charge in [0.2, 0.25) is 0 Å². The Bertz CT molecular complexity index is 1070. The van der Waals surface area contributed by atoms with Gasteiger partial charge in [-0.15, -0.1) is 0 Å². The van der Waals surface area contributed by atoms with Crippen molar-refractivity contribution < 1.29 is 14.0 Å². The maximum Gasteiger partial charge on any atom is 0.271 e. The van der Waals surface area contributed by atoms with Crippen molar-refractivity contribution in [2.45, 2.75) is 32.7 Å². The van der Waals surface area contributed by atoms with Crippen LogP contribution in [0.4, 0.5) is 11.4 Å². The number of para-hydroxylation sites is 1. The van der Waals surface area contributed by atoms with Crippen LogP contribution < -0.4 is 10.3 Å². The second-order valence-electron chi connectivity index (χ2n) is 6.66. The number of hydrogen-bond donors (Lipinski definition) is 1. The Labute approximate surface area is 162 Å². The SMILES string of the molecule is CCc1nc2cc(NC(=O)C3=NN(c4ccccc4)[C@H](C(C)=O)C3)ccc2o1. The molecule has 0 saturated carbocycles. The summed E-state index contributed by atoms with van der Waals surface area (Å²) in [5, 5.41) is 8.88. The van der Waals surface area contributed by atoms with Crippen molar-refractivity contribution in [1.29, 1.82) is 0 Å². The lowest BCUT2D eigenvalue weighted by molar-refractivity contribution is -0.118. The van der Waals surface area contributed by atoms with Gasteiger partial charge in [-0.25, -0.2) is 4.98 Å². The molecule has 0 saturated heterocycles. The Hall–Kier alpha value is -3.48. The van der Waals surface area contributed by atoms with Crippen molar-refractivity contribution in [1.82, 2.24) is 4.98 Å². The zero-order chi connectivity index (χ0) is 19.7. The number of nitrogens with one attached hydrogen (secondary N) is 1. The summed E-state index contributed by atoms with van der Waals surface area (Å²) >= 11 is 0. The van der Waals surface area contributed by atoms with Crippen molar-refractivity contribution in [2.75, 3.05) is 10.3 Å². The summed E-state index contributed by atoms with van der Waals surface area (Å²) in [7, 11) is 0. The van der Waals surface area contributed by atoms with Gasteiger partial charge in [-0.1, -0.05) is 25.1 Å². The molecule has 7 heteroatoms. The van der Waals surface area contributed by atoms with Crippen molar-refractivity contribution in [3.05, 3.63) is 54.4 Å². The van der Waals surface area contributed by atoms with E-state index < -0.39 is 6.04 Å². The number of benzene rings is 2. The maximum atomic E-state index is 12.7. The molecule has 1 atom stereocenters. The highest BCUT2D eigenvalue weighted by atomic mass is 16.3. The molecule has 0 radical (unpaired) electrons. The zero-order valence-electron chi connectivity index (χ0n) is 15.7. The molecule has 2 heterocycles. The number of anilines is 2. The van der Waals surface area contributed by atoms with Crippen LogP contribution in [-0.2, 0) is 16.0 Å². The number of carbonyl (C=O) groups is 2. The summed E-state index contributed by atoms with van der Waals surface area (Å²) in [5.41, 5.74) is 3.07. The number of ketones is 1. The van der Waals surface area contributed by atoms with Gasteiger partial charge in [0, 0.05) is 18.5 Å². The summed E-state index contributed by atoms with van der Waals surface area (Å²) in [6, 6.07) is 14.2. The second-order valence-corrected chi connectivity index (χ2v) is 6.66. The lowest BCUT2D eigenvalue weighted by Gasteiger charge is -2.20. The first kappa shape index (κ1) is 17.9. The van der Waals surface area contributed by atoms with Crippen LogP contribution in [0, 0.1) is 0 Å². The molecular formula is C21H20N4O3. The van der Waals surface area contributed by atoms with Crippen LogP contribution in [0.2, 0.25) is 0 Å². The van der Waals surface area contributed by atoms with E-state index >= 15 is 0 Å². The first-order chi connectivity index (χ1) is 13.5. The van der Waals surface area contributed by atoms with Crippen LogP contribution >= 0.6 is 0 Å². The summed E-state index contributed by atoms with van der Waals surface area (Å²) in [4.78, 5) is 29.2. The largest absolute Gasteiger partial charge is 0.441 e. The van der Waals surface area contributed by atoms with Gasteiger partial charge in [0.15, 0.2) is 17.3 Å². The predicted molar refractivity (Wildman–Crippen MR) is 107 cm³/mol. The Morgan fingerprint density at radius 3 is 2.71 bits per heavy atom. The van der Waals surface area contributed by atoms with Gasteiger partial charge in [-0.05, 0) is 37.3 Å². The molecule has 0 unspecified atom stereocenters. The van der Waals surface area contributed by atoms with E-state index in [1.807, 2.05) is 37.3 Å². The summed E-state index contributed by atoms with van der Waals surface area (Å²) < 4.78 is 5.59. The molecule has 1 N–H and O–H groups in total. The van der Waals surface area contributed by atoms with Gasteiger partial charge in [0.05, 0.1) is 5.69 Å². The van der Waals surface area contributed by atoms with E-state index in [0.717, 1.165) is 5.69 Å². The second kappa shape index (κ2) is 7.26. The van der Waals surface area contributed by atoms with E-state index in [0.29, 0.717) is 34.8 Å². The van der Waals surface area contributed by atoms with Crippen molar-refractivity contribution in [3.8, 4) is 0 Å². The topological polar surface area (TPSA) is 87.8 Å². The Morgan fingerprint density at radius 2 is 2.00 bits per heavy atom. The van der Waals surface area contributed by atoms with E-state index in [9.17, 15) is 9.59 Å². The first-order valence-corrected chi connectivity index (χ1v) is 9.18. The van der Waals surface area contributed by atoms with Crippen molar-refractivity contribution in [2.24, 2.45) is 5.10 Å². The fourth-order valence-corrected chi connectivity index (χ4v) is 3.19. The third kappa shape index (κ3) is 3.38. The minimum Gasteiger partial charge on any atom is -0.441 e. The molecular weight excluding hydrogens is 356 g/mol. The van der Waals surface area contributed by atoms with E-state index in [2.05, 4.69) is 15.4 Å². The van der Waals surface area contributed by atoms with E-state index in [-0.39, 0.29) is 18.1 Å². The molecule has 4 rings (SSSR count). The van der Waals surface area contributed by atoms with E-state index in [4.69, 9.17) is 4.42 Å². The summed E-state index contributed by atoms with van der Waals surface area (Å²) in [6.45, 7) is 3.48. The summed E-state index contributed by atoms with van der Waals surface area (Å²) in [5.74, 6) is 0.288. The molecule has 0 spiro atoms. The van der Waals surface area contributed by atoms with Crippen LogP contribution in [0.5, 0.6) is 0 Å². The number of oxazole rings is 1. The average Bonchev–Trinajstić information content (AvgIpc) is 3.32. The highest BCUT2D eigenvalue weighted by Crippen LogP contribution is 2.26. The number of carbonyl (C=O) groups excluding carboxylic acids is 2. The maximum absolute atomic E-state index is 12.7. The number of aryl methyl sites for hydroxylation is 1. The number of hydrogen-bond acceptors (Lipinski definition) is 6. The zero-order valence-corrected chi connectivity index (χ0v) is 15.7. The van der Waals surface area contributed by atoms with E-state index in [1.54, 1.807) is 23.2 Å². The monoisotopic (exact) mass is 376 g/mol. The molecule has 1 aliphatic rings. The lowest BCUT2D eigenvalue weighted by atomic mass is 10.1. The number of nitrogens with zero attached hydrogens (tertiary/aromatic N) is 3. The molecule has 0 aliphatic carbocycles. The molecule has 0 fully saturated rings. The van der Waals surface area contributed by atoms with Crippen LogP contribution in [0.1, 0.15) is 26.2 Å². The number of amides is 1. The first-order valence-electron chi connectivity index (χ1n) is 9.18. The number of rotatable bonds is 5. The molecule has 1 aliphatic heterocycles. The predicted octanol–water partition coefficient (Wildman–Crippen LogP) is 3.55. The smallest absolute Gasteiger partial charge is 0.271 e. The van der Waals surface area contributed by atoms with Gasteiger partial charge in [-0.3, -0.25) is 14.6 Å². The van der Waals surface area contributed by atoms with Crippen LogP contribution in [0.3, 0.4) is 0 Å². The number of Topliss-reactive ketones (excluding diaryl/α,β-unsaturated/α-hetero) is 1. The standard InChI is InChI=1S/C21H20N4O3/c1-3-20-23-16-11-14(9-10-19(16)28-20)22-21(27)17-12-18(13(2)26)25(24-17)15-7-5-4-6-8-15/h4-11,18H,3,12H2,1-2H3,(H,22,27)/t18-/m0/s1. The van der Waals surface area contributed by atoms with E-state index in [1.165, 1.54) is 6.92 Å². The van der Waals surface area contributed by atoms with Gasteiger partial charge in [0.1, 0.15) is 17.3 Å². The molecule has 2 aromatic carbocycles. The molecule has 1 aromatic heterocycles. The van der Waals surface area contributed by atoms with Crippen LogP contribution in [-0.4, -0.2) is 28.4 Å². The minimum absolute atomic E-state index is 0.0356. The third-order valence-corrected chi connectivity index (χ3v) is 4.65. The minimum atomic E-state index is -0.478. The molecule has 3 aromatic rings. The van der Waals surface area contributed by atoms with Crippen LogP contribution in [0.15, 0.2) is 58.0 Å². The van der Waals surface area contributed by atoms with Gasteiger partial charge in [0.25, 0.3) is 5.91 Å². The number of fused-ring (bicyclic) bond motifs is 1. The van der Waals surface area contributed by atoms with Gasteiger partial charge in [-0.2, -0.15) is 5.10 Å². The lowest BCUT2D eigenvalue weighted by Crippen LogP contribution is -2.33. The average molecular weight is 376 g/mol. The molecule has 28 heavy (non-hydrogen) atoms. The molecule has 0 bridgehead atoms. The Morgan fingerprint density at radius 1 is 1.21 bits per heavy atom. The number of aromatic nitrogens is 1. The van der Waals surface area contributed by atoms with Gasteiger partial charge < -0.3 is 9.73 Å². The highest BCUT2D eigenvalue weighted by Gasteiger charge is 2.34. The van der Waals surface area contributed by atoms with Crippen molar-refractivity contribution >= 4 is 39.9 Å². The van der Waals surface area contributed by atoms with Gasteiger partial charge >= 0.3 is 0 Å². The molecule has 1 amide bonds. The molecule has 142 valence electrons. The molecule has 7 nitrogen and oxygen atoms in total. The fourth-order valence-electron chi connectivity index (χ4n) is 3.19. The Balaban J connectivity index is 1.56. The highest BCUT2D eigenvalue weighted by molar-refractivity contribution is 6.44. The van der Waals surface area contributed by atoms with Crippen molar-refractivity contribution in [3.63, 3.8) is 0 Å². The quantitative estimate of drug-likeness (QED) is 0.736. The third-order valence-electron chi connectivity index (χ3n) is 4.65. The normalized spacial score (nSPS) is 16.3. The number of hydrazone groups is 1. The van der Waals surface area contributed by atoms with Crippen LogP contribution in [0.25, 0.3) is 11.1 Å². The fraction of sp³-hybridized carbons (Fsp3) is 0.238.